The van der Waals surface area contributed by atoms with Crippen LogP contribution in [0.2, 0.25) is 0 Å². The minimum Gasteiger partial charge on any atom is -0.394 e. The number of rotatable bonds is 2. The quantitative estimate of drug-likeness (QED) is 0.765. The Morgan fingerprint density at radius 3 is 2.93 bits per heavy atom. The van der Waals surface area contributed by atoms with E-state index in [-0.39, 0.29) is 18.8 Å². The number of aliphatic hydroxyl groups is 1. The molecule has 1 aromatic rings. The lowest BCUT2D eigenvalue weighted by atomic mass is 10.1. The highest BCUT2D eigenvalue weighted by Crippen LogP contribution is 2.33. The molecular weight excluding hydrogens is 180 g/mol. The van der Waals surface area contributed by atoms with Crippen LogP contribution in [0.1, 0.15) is 30.2 Å². The number of aliphatic hydroxyl groups excluding tert-OH is 1. The van der Waals surface area contributed by atoms with Gasteiger partial charge in [-0.3, -0.25) is 4.68 Å². The molecule has 0 amide bonds. The fraction of sp³-hybridized carbons (Fsp3) is 0.700. The Morgan fingerprint density at radius 2 is 2.43 bits per heavy atom. The zero-order valence-corrected chi connectivity index (χ0v) is 8.60. The lowest BCUT2D eigenvalue weighted by Gasteiger charge is -2.11. The molecule has 0 spiro atoms. The largest absolute Gasteiger partial charge is 0.394 e. The Kier molecular flexibility index (Phi) is 2.56. The van der Waals surface area contributed by atoms with Crippen molar-refractivity contribution in [1.29, 1.82) is 0 Å². The van der Waals surface area contributed by atoms with Crippen molar-refractivity contribution < 1.29 is 9.84 Å². The molecule has 4 nitrogen and oxygen atoms in total. The Morgan fingerprint density at radius 1 is 1.64 bits per heavy atom. The van der Waals surface area contributed by atoms with Crippen LogP contribution < -0.4 is 0 Å². The fourth-order valence-corrected chi connectivity index (χ4v) is 1.90. The fourth-order valence-electron chi connectivity index (χ4n) is 1.90. The van der Waals surface area contributed by atoms with E-state index in [9.17, 15) is 0 Å². The lowest BCUT2D eigenvalue weighted by molar-refractivity contribution is 0.0107. The van der Waals surface area contributed by atoms with Gasteiger partial charge < -0.3 is 9.84 Å². The van der Waals surface area contributed by atoms with Crippen LogP contribution in [-0.2, 0) is 11.8 Å². The van der Waals surface area contributed by atoms with Gasteiger partial charge in [-0.2, -0.15) is 5.10 Å². The SMILES string of the molecule is Cc1c(C2CCC(CO)O2)cnn1C. The van der Waals surface area contributed by atoms with Gasteiger partial charge in [-0.05, 0) is 19.8 Å². The molecule has 0 saturated carbocycles. The van der Waals surface area contributed by atoms with Crippen molar-refractivity contribution in [2.75, 3.05) is 6.61 Å². The van der Waals surface area contributed by atoms with Gasteiger partial charge in [0.2, 0.25) is 0 Å². The summed E-state index contributed by atoms with van der Waals surface area (Å²) < 4.78 is 7.54. The van der Waals surface area contributed by atoms with Gasteiger partial charge in [0.05, 0.1) is 25.0 Å². The van der Waals surface area contributed by atoms with E-state index in [2.05, 4.69) is 5.10 Å². The van der Waals surface area contributed by atoms with Crippen LogP contribution in [0.25, 0.3) is 0 Å². The molecular formula is C10H16N2O2. The first-order chi connectivity index (χ1) is 6.72. The summed E-state index contributed by atoms with van der Waals surface area (Å²) in [4.78, 5) is 0. The van der Waals surface area contributed by atoms with Gasteiger partial charge in [0.25, 0.3) is 0 Å². The minimum absolute atomic E-state index is 0.0135. The van der Waals surface area contributed by atoms with E-state index in [1.54, 1.807) is 0 Å². The van der Waals surface area contributed by atoms with Gasteiger partial charge in [-0.1, -0.05) is 0 Å². The summed E-state index contributed by atoms with van der Waals surface area (Å²) in [6.45, 7) is 2.16. The van der Waals surface area contributed by atoms with Gasteiger partial charge in [-0.15, -0.1) is 0 Å². The molecule has 0 aliphatic carbocycles. The van der Waals surface area contributed by atoms with Gasteiger partial charge in [0, 0.05) is 18.3 Å². The van der Waals surface area contributed by atoms with Crippen LogP contribution in [0.4, 0.5) is 0 Å². The Balaban J connectivity index is 2.13. The molecule has 4 heteroatoms. The average Bonchev–Trinajstić information content (AvgIpc) is 2.75. The van der Waals surface area contributed by atoms with Crippen LogP contribution >= 0.6 is 0 Å². The molecule has 2 atom stereocenters. The smallest absolute Gasteiger partial charge is 0.0863 e. The van der Waals surface area contributed by atoms with Gasteiger partial charge in [0.15, 0.2) is 0 Å². The first-order valence-corrected chi connectivity index (χ1v) is 4.97. The van der Waals surface area contributed by atoms with Gasteiger partial charge >= 0.3 is 0 Å². The highest BCUT2D eigenvalue weighted by atomic mass is 16.5. The Hall–Kier alpha value is -0.870. The molecule has 14 heavy (non-hydrogen) atoms. The topological polar surface area (TPSA) is 47.3 Å². The summed E-state index contributed by atoms with van der Waals surface area (Å²) in [7, 11) is 1.93. The summed E-state index contributed by atoms with van der Waals surface area (Å²) in [6, 6.07) is 0. The van der Waals surface area contributed by atoms with Crippen molar-refractivity contribution in [1.82, 2.24) is 9.78 Å². The maximum atomic E-state index is 8.96. The lowest BCUT2D eigenvalue weighted by Crippen LogP contribution is -2.11. The Labute approximate surface area is 83.5 Å². The minimum atomic E-state index is 0.0135. The molecule has 1 saturated heterocycles. The maximum Gasteiger partial charge on any atom is 0.0863 e. The number of aromatic nitrogens is 2. The molecule has 1 fully saturated rings. The predicted molar refractivity (Wildman–Crippen MR) is 51.9 cm³/mol. The molecule has 2 unspecified atom stereocenters. The summed E-state index contributed by atoms with van der Waals surface area (Å²) in [6.07, 6.45) is 3.92. The maximum absolute atomic E-state index is 8.96. The van der Waals surface area contributed by atoms with Crippen LogP contribution in [-0.4, -0.2) is 27.6 Å². The molecule has 2 heterocycles. The number of nitrogens with zero attached hydrogens (tertiary/aromatic N) is 2. The van der Waals surface area contributed by atoms with Crippen molar-refractivity contribution in [2.24, 2.45) is 7.05 Å². The molecule has 0 bridgehead atoms. The van der Waals surface area contributed by atoms with E-state index in [1.165, 1.54) is 0 Å². The monoisotopic (exact) mass is 196 g/mol. The van der Waals surface area contributed by atoms with Crippen LogP contribution in [0, 0.1) is 6.92 Å². The van der Waals surface area contributed by atoms with Gasteiger partial charge in [0.1, 0.15) is 0 Å². The van der Waals surface area contributed by atoms with E-state index in [0.717, 1.165) is 24.1 Å². The number of hydrogen-bond donors (Lipinski definition) is 1. The average molecular weight is 196 g/mol. The molecule has 0 aromatic carbocycles. The number of aryl methyl sites for hydroxylation is 1. The molecule has 0 radical (unpaired) electrons. The predicted octanol–water partition coefficient (Wildman–Crippen LogP) is 0.941. The third-order valence-electron chi connectivity index (χ3n) is 2.93. The Bertz CT molecular complexity index is 322. The van der Waals surface area contributed by atoms with Crippen molar-refractivity contribution in [3.8, 4) is 0 Å². The number of hydrogen-bond acceptors (Lipinski definition) is 3. The molecule has 1 aliphatic rings. The van der Waals surface area contributed by atoms with Gasteiger partial charge in [-0.25, -0.2) is 0 Å². The van der Waals surface area contributed by atoms with Crippen molar-refractivity contribution in [3.63, 3.8) is 0 Å². The van der Waals surface area contributed by atoms with Crippen LogP contribution in [0.15, 0.2) is 6.20 Å². The van der Waals surface area contributed by atoms with E-state index in [4.69, 9.17) is 9.84 Å². The third-order valence-corrected chi connectivity index (χ3v) is 2.93. The second-order valence-corrected chi connectivity index (χ2v) is 3.82. The second kappa shape index (κ2) is 3.71. The standard InChI is InChI=1S/C10H16N2O2/c1-7-9(5-11-12(7)2)10-4-3-8(6-13)14-10/h5,8,10,13H,3-4,6H2,1-2H3. The van der Waals surface area contributed by atoms with Crippen molar-refractivity contribution >= 4 is 0 Å². The molecule has 1 aromatic heterocycles. The zero-order valence-electron chi connectivity index (χ0n) is 8.60. The second-order valence-electron chi connectivity index (χ2n) is 3.82. The normalized spacial score (nSPS) is 27.1. The summed E-state index contributed by atoms with van der Waals surface area (Å²) in [5, 5.41) is 13.1. The first-order valence-electron chi connectivity index (χ1n) is 4.97. The third kappa shape index (κ3) is 1.55. The molecule has 78 valence electrons. The number of ether oxygens (including phenoxy) is 1. The summed E-state index contributed by atoms with van der Waals surface area (Å²) >= 11 is 0. The van der Waals surface area contributed by atoms with E-state index in [1.807, 2.05) is 24.9 Å². The highest BCUT2D eigenvalue weighted by molar-refractivity contribution is 5.19. The summed E-state index contributed by atoms with van der Waals surface area (Å²) in [5.41, 5.74) is 2.30. The van der Waals surface area contributed by atoms with E-state index < -0.39 is 0 Å². The van der Waals surface area contributed by atoms with Crippen molar-refractivity contribution in [2.45, 2.75) is 32.0 Å². The zero-order chi connectivity index (χ0) is 10.1. The van der Waals surface area contributed by atoms with E-state index >= 15 is 0 Å². The van der Waals surface area contributed by atoms with E-state index in [0.29, 0.717) is 0 Å². The first kappa shape index (κ1) is 9.68. The van der Waals surface area contributed by atoms with Crippen LogP contribution in [0.3, 0.4) is 0 Å². The molecule has 2 rings (SSSR count). The summed E-state index contributed by atoms with van der Waals surface area (Å²) in [5.74, 6) is 0. The molecule has 1 N–H and O–H groups in total. The van der Waals surface area contributed by atoms with Crippen molar-refractivity contribution in [3.05, 3.63) is 17.5 Å². The highest BCUT2D eigenvalue weighted by Gasteiger charge is 2.28. The van der Waals surface area contributed by atoms with Crippen LogP contribution in [0.5, 0.6) is 0 Å². The molecule has 1 aliphatic heterocycles.